The highest BCUT2D eigenvalue weighted by Crippen LogP contribution is 2.58. The fourth-order valence-electron chi connectivity index (χ4n) is 18.2. The first-order chi connectivity index (χ1) is 47.0. The third kappa shape index (κ3) is 8.39. The number of thiophene rings is 2. The van der Waals surface area contributed by atoms with Crippen molar-refractivity contribution in [1.82, 2.24) is 18.3 Å². The van der Waals surface area contributed by atoms with Crippen molar-refractivity contribution >= 4 is 153 Å². The van der Waals surface area contributed by atoms with Crippen LogP contribution in [-0.2, 0) is 32.5 Å². The summed E-state index contributed by atoms with van der Waals surface area (Å²) in [5.41, 5.74) is 32.5. The molecule has 6 aromatic heterocycles. The van der Waals surface area contributed by atoms with Gasteiger partial charge >= 0.3 is 0 Å². The maximum atomic E-state index is 7.29. The first kappa shape index (κ1) is 61.5. The molecule has 4 nitrogen and oxygen atoms in total. The van der Waals surface area contributed by atoms with Crippen LogP contribution in [0, 0.1) is 0 Å². The van der Waals surface area contributed by atoms with Gasteiger partial charge in [0.05, 0.1) is 48.4 Å². The molecule has 0 saturated heterocycles. The summed E-state index contributed by atoms with van der Waals surface area (Å²) < 4.78 is 15.4. The number of aromatic nitrogens is 4. The molecule has 4 aliphatic rings. The van der Waals surface area contributed by atoms with Gasteiger partial charge in [0, 0.05) is 102 Å². The van der Waals surface area contributed by atoms with Gasteiger partial charge in [-0.05, 0) is 161 Å². The Morgan fingerprint density at radius 1 is 0.354 bits per heavy atom. The normalized spacial score (nSPS) is 14.9. The van der Waals surface area contributed by atoms with E-state index < -0.39 is 0 Å². The summed E-state index contributed by atoms with van der Waals surface area (Å²) in [6.45, 7) is 37.6. The van der Waals surface area contributed by atoms with Crippen molar-refractivity contribution in [3.63, 3.8) is 0 Å². The Balaban J connectivity index is 0.000000138. The quantitative estimate of drug-likeness (QED) is 0.154. The Labute approximate surface area is 598 Å². The molecule has 0 saturated carbocycles. The minimum Gasteiger partial charge on any atom is -0.310 e. The monoisotopic (exact) mass is 1360 g/mol. The largest absolute Gasteiger partial charge is 0.310 e. The lowest BCUT2D eigenvalue weighted by Gasteiger charge is -2.36. The van der Waals surface area contributed by atoms with Crippen molar-refractivity contribution in [1.29, 1.82) is 0 Å². The van der Waals surface area contributed by atoms with E-state index in [2.05, 4.69) is 317 Å². The summed E-state index contributed by atoms with van der Waals surface area (Å²) >= 11 is 18.3. The van der Waals surface area contributed by atoms with Crippen LogP contribution >= 0.6 is 45.9 Å². The zero-order valence-electron chi connectivity index (χ0n) is 59.3. The second-order valence-electron chi connectivity index (χ2n) is 34.0. The SMILES string of the molecule is CC(C)(C)c1cc2c3c(c1)c1c(n3-c3cc(Cl)cc4c3B2c2cc(C(C)(C)C)cc3c5sc6ccccc6c5n-4c23)-c2ccccc2C1(C)C.CC(C)(C)c1ccc2c(c1)c1c(n2-c2cc(Cl)cc(-n3c4ccc(C(C)(C)C)cc4c4sc5ccccc5c43)c2)-c2ccccc2C1(C)C. The fourth-order valence-corrected chi connectivity index (χ4v) is 21.0. The van der Waals surface area contributed by atoms with Crippen molar-refractivity contribution in [2.45, 2.75) is 143 Å². The van der Waals surface area contributed by atoms with E-state index in [4.69, 9.17) is 23.2 Å². The molecule has 0 fully saturated rings. The lowest BCUT2D eigenvalue weighted by Crippen LogP contribution is -2.59. The van der Waals surface area contributed by atoms with E-state index in [1.807, 2.05) is 22.7 Å². The van der Waals surface area contributed by atoms with Crippen LogP contribution in [0.5, 0.6) is 0 Å². The van der Waals surface area contributed by atoms with Gasteiger partial charge in [0.2, 0.25) is 0 Å². The van der Waals surface area contributed by atoms with Crippen LogP contribution in [0.4, 0.5) is 0 Å². The van der Waals surface area contributed by atoms with Gasteiger partial charge in [-0.3, -0.25) is 0 Å². The number of halogens is 2. The second kappa shape index (κ2) is 20.1. The first-order valence-electron chi connectivity index (χ1n) is 35.2. The van der Waals surface area contributed by atoms with Crippen molar-refractivity contribution < 1.29 is 0 Å². The Kier molecular flexibility index (Phi) is 12.5. The molecule has 0 amide bonds. The van der Waals surface area contributed by atoms with Gasteiger partial charge in [-0.2, -0.15) is 0 Å². The van der Waals surface area contributed by atoms with E-state index in [1.54, 1.807) is 0 Å². The summed E-state index contributed by atoms with van der Waals surface area (Å²) in [6, 6.07) is 71.1. The van der Waals surface area contributed by atoms with Gasteiger partial charge in [0.25, 0.3) is 6.71 Å². The molecule has 0 N–H and O–H groups in total. The Morgan fingerprint density at radius 2 is 0.768 bits per heavy atom. The highest BCUT2D eigenvalue weighted by atomic mass is 35.5. The molecule has 0 bridgehead atoms. The second-order valence-corrected chi connectivity index (χ2v) is 37.0. The zero-order chi connectivity index (χ0) is 68.6. The van der Waals surface area contributed by atoms with Crippen LogP contribution in [0.3, 0.4) is 0 Å². The van der Waals surface area contributed by atoms with Crippen LogP contribution in [0.25, 0.3) is 129 Å². The Bertz CT molecular complexity index is 6310. The molecule has 20 rings (SSSR count). The Hall–Kier alpha value is -8.56. The standard InChI is InChI=1S/C45H38BClN2S.C45H41ClN2S/c1-43(2,3)23-17-28-36-40(26-13-9-11-15-30(26)45(36,7)8)48-33-21-25(47)22-34-37(33)46(31(19-23)38(28)48)32-20-24(44(4,5)6)18-29-39(32)49(34)41-27-14-10-12-16-35(27)50-42(29)41;1-43(2,3)26-17-19-36-33(21-26)39-40(31-13-9-11-15-35(31)45(39,7)8)47(36)29-23-28(46)24-30(25-29)48-37-20-18-27(44(4,5)6)22-34(37)42-41(48)32-14-10-12-16-38(32)49-42/h9-22H,1-8H3;9-25H,1-8H3. The highest BCUT2D eigenvalue weighted by molar-refractivity contribution is 7.27. The molecular weight excluding hydrogens is 1280 g/mol. The van der Waals surface area contributed by atoms with Crippen molar-refractivity contribution in [3.8, 4) is 45.3 Å². The van der Waals surface area contributed by atoms with E-state index in [0.29, 0.717) is 0 Å². The van der Waals surface area contributed by atoms with Crippen LogP contribution in [0.1, 0.15) is 155 Å². The molecule has 0 atom stereocenters. The molecule has 0 unspecified atom stereocenters. The van der Waals surface area contributed by atoms with Crippen LogP contribution in [-0.4, -0.2) is 25.0 Å². The van der Waals surface area contributed by atoms with Gasteiger partial charge in [0.15, 0.2) is 0 Å². The van der Waals surface area contributed by atoms with Crippen LogP contribution in [0.2, 0.25) is 10.0 Å². The molecule has 10 aromatic carbocycles. The maximum Gasteiger partial charge on any atom is 0.252 e. The molecule has 2 aliphatic heterocycles. The molecular formula is C90H79BCl2N4S2. The number of fused-ring (bicyclic) bond motifs is 24. The van der Waals surface area contributed by atoms with E-state index in [9.17, 15) is 0 Å². The lowest BCUT2D eigenvalue weighted by molar-refractivity contribution is 0.590. The molecule has 8 heterocycles. The highest BCUT2D eigenvalue weighted by Gasteiger charge is 2.48. The third-order valence-electron chi connectivity index (χ3n) is 23.0. The van der Waals surface area contributed by atoms with E-state index in [-0.39, 0.29) is 39.2 Å². The van der Waals surface area contributed by atoms with Gasteiger partial charge < -0.3 is 18.3 Å². The van der Waals surface area contributed by atoms with E-state index >= 15 is 0 Å². The topological polar surface area (TPSA) is 19.7 Å². The minimum atomic E-state index is -0.142. The molecule has 0 spiro atoms. The number of rotatable bonds is 2. The average molecular weight is 1360 g/mol. The zero-order valence-corrected chi connectivity index (χ0v) is 62.5. The number of nitrogens with zero attached hydrogens (tertiary/aromatic N) is 4. The number of hydrogen-bond donors (Lipinski definition) is 0. The van der Waals surface area contributed by atoms with Gasteiger partial charge in [-0.25, -0.2) is 0 Å². The Morgan fingerprint density at radius 3 is 1.32 bits per heavy atom. The predicted octanol–water partition coefficient (Wildman–Crippen LogP) is 24.1. The summed E-state index contributed by atoms with van der Waals surface area (Å²) in [6.07, 6.45) is 0. The van der Waals surface area contributed by atoms with Gasteiger partial charge in [-0.1, -0.05) is 243 Å². The predicted molar refractivity (Wildman–Crippen MR) is 431 cm³/mol. The lowest BCUT2D eigenvalue weighted by atomic mass is 9.34. The van der Waals surface area contributed by atoms with E-state index in [1.165, 1.54) is 179 Å². The molecule has 16 aromatic rings. The molecule has 2 aliphatic carbocycles. The smallest absolute Gasteiger partial charge is 0.252 e. The van der Waals surface area contributed by atoms with Crippen LogP contribution < -0.4 is 16.4 Å². The first-order valence-corrected chi connectivity index (χ1v) is 37.6. The fraction of sp³-hybridized carbons (Fsp3) is 0.244. The summed E-state index contributed by atoms with van der Waals surface area (Å²) in [5.74, 6) is 0. The molecule has 0 radical (unpaired) electrons. The van der Waals surface area contributed by atoms with Crippen molar-refractivity contribution in [2.24, 2.45) is 0 Å². The molecule has 9 heteroatoms. The van der Waals surface area contributed by atoms with Crippen LogP contribution in [0.15, 0.2) is 188 Å². The maximum absolute atomic E-state index is 7.29. The van der Waals surface area contributed by atoms with Gasteiger partial charge in [-0.15, -0.1) is 22.7 Å². The molecule has 99 heavy (non-hydrogen) atoms. The summed E-state index contributed by atoms with van der Waals surface area (Å²) in [7, 11) is 0. The van der Waals surface area contributed by atoms with Gasteiger partial charge in [0.1, 0.15) is 0 Å². The van der Waals surface area contributed by atoms with Crippen molar-refractivity contribution in [3.05, 3.63) is 243 Å². The summed E-state index contributed by atoms with van der Waals surface area (Å²) in [5, 5.41) is 9.43. The summed E-state index contributed by atoms with van der Waals surface area (Å²) in [4.78, 5) is 0. The average Bonchev–Trinajstić information content (AvgIpc) is 1.53. The number of hydrogen-bond acceptors (Lipinski definition) is 2. The molecule has 488 valence electrons. The minimum absolute atomic E-state index is 0.00866. The third-order valence-corrected chi connectivity index (χ3v) is 25.9. The van der Waals surface area contributed by atoms with E-state index in [0.717, 1.165) is 21.4 Å². The number of benzene rings is 10. The van der Waals surface area contributed by atoms with Crippen molar-refractivity contribution in [2.75, 3.05) is 0 Å².